The summed E-state index contributed by atoms with van der Waals surface area (Å²) < 4.78 is 13.8. The number of hydrogen-bond acceptors (Lipinski definition) is 1. The molecule has 5 heteroatoms. The van der Waals surface area contributed by atoms with Crippen molar-refractivity contribution in [2.75, 3.05) is 5.32 Å². The summed E-state index contributed by atoms with van der Waals surface area (Å²) in [6.45, 7) is 0. The molecule has 0 radical (unpaired) electrons. The van der Waals surface area contributed by atoms with Crippen molar-refractivity contribution < 1.29 is 9.18 Å². The van der Waals surface area contributed by atoms with E-state index in [1.54, 1.807) is 42.5 Å². The number of amides is 1. The Bertz CT molecular complexity index is 880. The summed E-state index contributed by atoms with van der Waals surface area (Å²) in [5.74, 6) is -0.742. The molecule has 0 aliphatic carbocycles. The molecular formula is C17H10Cl2FNO. The molecule has 0 unspecified atom stereocenters. The first-order valence-electron chi connectivity index (χ1n) is 6.50. The van der Waals surface area contributed by atoms with E-state index in [0.29, 0.717) is 32.1 Å². The lowest BCUT2D eigenvalue weighted by Crippen LogP contribution is -2.13. The Hall–Kier alpha value is -2.10. The topological polar surface area (TPSA) is 29.1 Å². The van der Waals surface area contributed by atoms with Crippen LogP contribution in [-0.4, -0.2) is 5.91 Å². The lowest BCUT2D eigenvalue weighted by Gasteiger charge is -2.10. The molecule has 0 spiro atoms. The molecule has 3 rings (SSSR count). The second-order valence-corrected chi connectivity index (χ2v) is 5.56. The third-order valence-corrected chi connectivity index (χ3v) is 3.86. The SMILES string of the molecule is O=C(Nc1cc(Cl)ccc1Cl)c1ccc(F)c2ccccc12. The summed E-state index contributed by atoms with van der Waals surface area (Å²) in [4.78, 5) is 12.5. The average molecular weight is 334 g/mol. The predicted molar refractivity (Wildman–Crippen MR) is 88.3 cm³/mol. The molecular weight excluding hydrogens is 324 g/mol. The first kappa shape index (κ1) is 14.8. The highest BCUT2D eigenvalue weighted by molar-refractivity contribution is 6.36. The molecule has 0 aliphatic heterocycles. The Balaban J connectivity index is 2.03. The van der Waals surface area contributed by atoms with Crippen LogP contribution >= 0.6 is 23.2 Å². The summed E-state index contributed by atoms with van der Waals surface area (Å²) in [5.41, 5.74) is 0.778. The number of rotatable bonds is 2. The van der Waals surface area contributed by atoms with Gasteiger partial charge in [0.25, 0.3) is 5.91 Å². The lowest BCUT2D eigenvalue weighted by molar-refractivity contribution is 0.102. The molecule has 0 atom stereocenters. The van der Waals surface area contributed by atoms with Gasteiger partial charge in [0.15, 0.2) is 0 Å². The van der Waals surface area contributed by atoms with Crippen LogP contribution in [0.15, 0.2) is 54.6 Å². The number of carbonyl (C=O) groups excluding carboxylic acids is 1. The van der Waals surface area contributed by atoms with E-state index in [9.17, 15) is 9.18 Å². The molecule has 0 heterocycles. The van der Waals surface area contributed by atoms with Crippen molar-refractivity contribution in [3.8, 4) is 0 Å². The summed E-state index contributed by atoms with van der Waals surface area (Å²) >= 11 is 11.9. The fourth-order valence-electron chi connectivity index (χ4n) is 2.24. The molecule has 3 aromatic carbocycles. The zero-order valence-electron chi connectivity index (χ0n) is 11.2. The Labute approximate surface area is 136 Å². The average Bonchev–Trinajstić information content (AvgIpc) is 2.51. The predicted octanol–water partition coefficient (Wildman–Crippen LogP) is 5.54. The minimum absolute atomic E-state index is 0.368. The largest absolute Gasteiger partial charge is 0.321 e. The van der Waals surface area contributed by atoms with Crippen LogP contribution in [0.1, 0.15) is 10.4 Å². The molecule has 1 amide bonds. The first-order chi connectivity index (χ1) is 10.6. The van der Waals surface area contributed by atoms with Gasteiger partial charge in [-0.1, -0.05) is 47.5 Å². The molecule has 1 N–H and O–H groups in total. The van der Waals surface area contributed by atoms with Crippen molar-refractivity contribution in [3.05, 3.63) is 76.0 Å². The molecule has 0 saturated heterocycles. The minimum Gasteiger partial charge on any atom is -0.321 e. The summed E-state index contributed by atoms with van der Waals surface area (Å²) in [5, 5.41) is 4.48. The maximum Gasteiger partial charge on any atom is 0.256 e. The van der Waals surface area contributed by atoms with Gasteiger partial charge in [-0.3, -0.25) is 4.79 Å². The van der Waals surface area contributed by atoms with E-state index in [1.807, 2.05) is 0 Å². The van der Waals surface area contributed by atoms with Crippen LogP contribution in [0.25, 0.3) is 10.8 Å². The molecule has 0 aromatic heterocycles. The Kier molecular flexibility index (Phi) is 4.01. The molecule has 0 aliphatic rings. The molecule has 0 bridgehead atoms. The summed E-state index contributed by atoms with van der Waals surface area (Å²) in [6.07, 6.45) is 0. The Morgan fingerprint density at radius 3 is 2.45 bits per heavy atom. The summed E-state index contributed by atoms with van der Waals surface area (Å²) in [7, 11) is 0. The molecule has 3 aromatic rings. The molecule has 110 valence electrons. The van der Waals surface area contributed by atoms with E-state index in [4.69, 9.17) is 23.2 Å². The van der Waals surface area contributed by atoms with E-state index >= 15 is 0 Å². The quantitative estimate of drug-likeness (QED) is 0.655. The van der Waals surface area contributed by atoms with Gasteiger partial charge in [0.2, 0.25) is 0 Å². The number of anilines is 1. The number of benzene rings is 3. The fourth-order valence-corrected chi connectivity index (χ4v) is 2.58. The maximum atomic E-state index is 13.8. The van der Waals surface area contributed by atoms with Gasteiger partial charge in [-0.05, 0) is 35.7 Å². The van der Waals surface area contributed by atoms with Gasteiger partial charge in [0.1, 0.15) is 5.82 Å². The Morgan fingerprint density at radius 1 is 0.955 bits per heavy atom. The van der Waals surface area contributed by atoms with Crippen LogP contribution in [0, 0.1) is 5.82 Å². The molecule has 2 nitrogen and oxygen atoms in total. The van der Waals surface area contributed by atoms with Gasteiger partial charge < -0.3 is 5.32 Å². The third-order valence-electron chi connectivity index (χ3n) is 3.29. The highest BCUT2D eigenvalue weighted by Crippen LogP contribution is 2.27. The van der Waals surface area contributed by atoms with Crippen LogP contribution in [0.4, 0.5) is 10.1 Å². The number of nitrogens with one attached hydrogen (secondary N) is 1. The molecule has 0 saturated carbocycles. The van der Waals surface area contributed by atoms with Crippen LogP contribution in [-0.2, 0) is 0 Å². The van der Waals surface area contributed by atoms with Crippen molar-refractivity contribution in [1.29, 1.82) is 0 Å². The van der Waals surface area contributed by atoms with Gasteiger partial charge in [-0.25, -0.2) is 4.39 Å². The van der Waals surface area contributed by atoms with Gasteiger partial charge in [0.05, 0.1) is 10.7 Å². The third kappa shape index (κ3) is 2.78. The number of carbonyl (C=O) groups is 1. The Morgan fingerprint density at radius 2 is 1.68 bits per heavy atom. The standard InChI is InChI=1S/C17H10Cl2FNO/c18-10-5-7-14(19)16(9-10)21-17(22)13-6-8-15(20)12-4-2-1-3-11(12)13/h1-9H,(H,21,22). The van der Waals surface area contributed by atoms with Gasteiger partial charge in [-0.15, -0.1) is 0 Å². The van der Waals surface area contributed by atoms with Crippen molar-refractivity contribution >= 4 is 45.6 Å². The molecule has 22 heavy (non-hydrogen) atoms. The second-order valence-electron chi connectivity index (χ2n) is 4.72. The maximum absolute atomic E-state index is 13.8. The zero-order valence-corrected chi connectivity index (χ0v) is 12.8. The van der Waals surface area contributed by atoms with Crippen LogP contribution in [0.2, 0.25) is 10.0 Å². The highest BCUT2D eigenvalue weighted by atomic mass is 35.5. The fraction of sp³-hybridized carbons (Fsp3) is 0. The zero-order chi connectivity index (χ0) is 15.7. The second kappa shape index (κ2) is 5.95. The monoisotopic (exact) mass is 333 g/mol. The van der Waals surface area contributed by atoms with E-state index in [-0.39, 0.29) is 11.7 Å². The van der Waals surface area contributed by atoms with Gasteiger partial charge >= 0.3 is 0 Å². The number of halogens is 3. The van der Waals surface area contributed by atoms with E-state index in [0.717, 1.165) is 0 Å². The van der Waals surface area contributed by atoms with E-state index in [2.05, 4.69) is 5.32 Å². The van der Waals surface area contributed by atoms with Crippen molar-refractivity contribution in [3.63, 3.8) is 0 Å². The summed E-state index contributed by atoms with van der Waals surface area (Å²) in [6, 6.07) is 14.3. The highest BCUT2D eigenvalue weighted by Gasteiger charge is 2.14. The van der Waals surface area contributed by atoms with Crippen molar-refractivity contribution in [1.82, 2.24) is 0 Å². The first-order valence-corrected chi connectivity index (χ1v) is 7.25. The van der Waals surface area contributed by atoms with Gasteiger partial charge in [0, 0.05) is 16.0 Å². The van der Waals surface area contributed by atoms with Crippen LogP contribution in [0.5, 0.6) is 0 Å². The number of fused-ring (bicyclic) bond motifs is 1. The van der Waals surface area contributed by atoms with Crippen LogP contribution < -0.4 is 5.32 Å². The smallest absolute Gasteiger partial charge is 0.256 e. The lowest BCUT2D eigenvalue weighted by atomic mass is 10.0. The molecule has 0 fully saturated rings. The normalized spacial score (nSPS) is 10.7. The minimum atomic E-state index is -0.375. The van der Waals surface area contributed by atoms with E-state index in [1.165, 1.54) is 12.1 Å². The van der Waals surface area contributed by atoms with Crippen molar-refractivity contribution in [2.45, 2.75) is 0 Å². The van der Waals surface area contributed by atoms with E-state index < -0.39 is 0 Å². The van der Waals surface area contributed by atoms with Gasteiger partial charge in [-0.2, -0.15) is 0 Å². The number of hydrogen-bond donors (Lipinski definition) is 1. The van der Waals surface area contributed by atoms with Crippen LogP contribution in [0.3, 0.4) is 0 Å². The van der Waals surface area contributed by atoms with Crippen molar-refractivity contribution in [2.24, 2.45) is 0 Å².